The Kier molecular flexibility index (Phi) is 3.52. The highest BCUT2D eigenvalue weighted by atomic mass is 16.5. The zero-order chi connectivity index (χ0) is 20.0. The van der Waals surface area contributed by atoms with Crippen molar-refractivity contribution in [3.05, 3.63) is 17.7 Å². The normalized spacial score (nSPS) is 39.6. The smallest absolute Gasteiger partial charge is 0.224 e. The number of methoxy groups -OCH3 is 2. The molecular formula is C23H30N2O4. The molecule has 6 nitrogen and oxygen atoms in total. The molecule has 6 rings (SSSR count). The summed E-state index contributed by atoms with van der Waals surface area (Å²) in [5.41, 5.74) is 1.86. The molecule has 29 heavy (non-hydrogen) atoms. The summed E-state index contributed by atoms with van der Waals surface area (Å²) in [5.74, 6) is 1.44. The molecule has 1 amide bonds. The summed E-state index contributed by atoms with van der Waals surface area (Å²) in [6.45, 7) is 4.65. The van der Waals surface area contributed by atoms with Gasteiger partial charge in [0.2, 0.25) is 5.91 Å². The first kappa shape index (κ1) is 18.0. The van der Waals surface area contributed by atoms with E-state index < -0.39 is 0 Å². The minimum atomic E-state index is -0.292. The van der Waals surface area contributed by atoms with Gasteiger partial charge in [0.25, 0.3) is 0 Å². The number of rotatable bonds is 2. The summed E-state index contributed by atoms with van der Waals surface area (Å²) in [4.78, 5) is 17.7. The third-order valence-electron chi connectivity index (χ3n) is 8.88. The van der Waals surface area contributed by atoms with Gasteiger partial charge in [-0.15, -0.1) is 0 Å². The minimum absolute atomic E-state index is 0.0795. The molecule has 1 saturated carbocycles. The molecule has 1 aromatic rings. The molecule has 0 radical (unpaired) electrons. The fraction of sp³-hybridized carbons (Fsp3) is 0.696. The molecule has 6 heteroatoms. The number of hydrogen-bond donors (Lipinski definition) is 0. The van der Waals surface area contributed by atoms with Crippen molar-refractivity contribution in [2.45, 2.75) is 62.6 Å². The van der Waals surface area contributed by atoms with Crippen molar-refractivity contribution in [2.24, 2.45) is 5.41 Å². The maximum atomic E-state index is 13.0. The number of benzene rings is 1. The number of ether oxygens (including phenoxy) is 3. The molecule has 0 N–H and O–H groups in total. The fourth-order valence-corrected chi connectivity index (χ4v) is 8.20. The van der Waals surface area contributed by atoms with Gasteiger partial charge in [0.15, 0.2) is 11.5 Å². The second kappa shape index (κ2) is 5.67. The highest BCUT2D eigenvalue weighted by Gasteiger charge is 2.80. The van der Waals surface area contributed by atoms with Crippen LogP contribution in [0.5, 0.6) is 11.5 Å². The predicted octanol–water partition coefficient (Wildman–Crippen LogP) is 3.07. The van der Waals surface area contributed by atoms with Crippen LogP contribution in [0.2, 0.25) is 0 Å². The highest BCUT2D eigenvalue weighted by molar-refractivity contribution is 5.99. The van der Waals surface area contributed by atoms with Crippen LogP contribution < -0.4 is 14.4 Å². The lowest BCUT2D eigenvalue weighted by Gasteiger charge is -2.62. The Morgan fingerprint density at radius 3 is 2.76 bits per heavy atom. The molecule has 5 aliphatic rings. The van der Waals surface area contributed by atoms with Gasteiger partial charge in [-0.2, -0.15) is 0 Å². The molecule has 4 heterocycles. The van der Waals surface area contributed by atoms with Crippen molar-refractivity contribution >= 4 is 11.6 Å². The van der Waals surface area contributed by atoms with E-state index in [-0.39, 0.29) is 28.5 Å². The van der Waals surface area contributed by atoms with Crippen molar-refractivity contribution in [2.75, 3.05) is 38.8 Å². The number of amides is 1. The van der Waals surface area contributed by atoms with E-state index >= 15 is 0 Å². The van der Waals surface area contributed by atoms with Crippen LogP contribution in [0, 0.1) is 5.41 Å². The van der Waals surface area contributed by atoms with E-state index in [1.807, 2.05) is 11.0 Å². The van der Waals surface area contributed by atoms with Crippen LogP contribution in [-0.4, -0.2) is 56.5 Å². The second-order valence-corrected chi connectivity index (χ2v) is 9.48. The average Bonchev–Trinajstić information content (AvgIpc) is 3.37. The molecule has 2 spiro atoms. The fourth-order valence-electron chi connectivity index (χ4n) is 8.20. The van der Waals surface area contributed by atoms with E-state index in [2.05, 4.69) is 11.0 Å². The number of anilines is 1. The van der Waals surface area contributed by atoms with Gasteiger partial charge in [-0.25, -0.2) is 0 Å². The number of piperidine rings is 1. The Morgan fingerprint density at radius 1 is 1.14 bits per heavy atom. The van der Waals surface area contributed by atoms with E-state index in [0.717, 1.165) is 51.1 Å². The number of nitrogens with zero attached hydrogens (tertiary/aromatic N) is 2. The maximum absolute atomic E-state index is 13.0. The molecule has 1 aromatic carbocycles. The first-order chi connectivity index (χ1) is 14.1. The van der Waals surface area contributed by atoms with Crippen LogP contribution in [0.25, 0.3) is 0 Å². The molecule has 1 aliphatic carbocycles. The van der Waals surface area contributed by atoms with E-state index in [4.69, 9.17) is 14.2 Å². The quantitative estimate of drug-likeness (QED) is 0.766. The molecule has 4 fully saturated rings. The van der Waals surface area contributed by atoms with Crippen LogP contribution >= 0.6 is 0 Å². The third kappa shape index (κ3) is 1.73. The van der Waals surface area contributed by atoms with E-state index in [9.17, 15) is 4.79 Å². The lowest BCUT2D eigenvalue weighted by molar-refractivity contribution is -0.232. The zero-order valence-corrected chi connectivity index (χ0v) is 17.6. The van der Waals surface area contributed by atoms with Gasteiger partial charge in [0.05, 0.1) is 31.4 Å². The van der Waals surface area contributed by atoms with Crippen molar-refractivity contribution in [1.29, 1.82) is 0 Å². The van der Waals surface area contributed by atoms with Gasteiger partial charge in [0, 0.05) is 32.0 Å². The molecule has 0 bridgehead atoms. The lowest BCUT2D eigenvalue weighted by Crippen LogP contribution is -2.73. The standard InChI is InChI=1S/C23H30N2O4/c1-15(26)25-18-7-9-21-8-4-12-24-13-10-22(18,23(21,24)29-14-11-21)16-5-6-17(27-2)20(28-3)19(16)25/h5-6,18H,4,7-14H2,1-3H3/t18-,21-,22-,23+/m1/s1. The highest BCUT2D eigenvalue weighted by Crippen LogP contribution is 2.74. The molecule has 156 valence electrons. The monoisotopic (exact) mass is 398 g/mol. The van der Waals surface area contributed by atoms with Crippen LogP contribution in [0.1, 0.15) is 51.0 Å². The number of hydrogen-bond acceptors (Lipinski definition) is 5. The van der Waals surface area contributed by atoms with Gasteiger partial charge in [-0.3, -0.25) is 9.69 Å². The first-order valence-electron chi connectivity index (χ1n) is 11.0. The average molecular weight is 399 g/mol. The van der Waals surface area contributed by atoms with Gasteiger partial charge < -0.3 is 19.1 Å². The third-order valence-corrected chi connectivity index (χ3v) is 8.88. The second-order valence-electron chi connectivity index (χ2n) is 9.48. The Labute approximate surface area is 172 Å². The van der Waals surface area contributed by atoms with Crippen molar-refractivity contribution < 1.29 is 19.0 Å². The van der Waals surface area contributed by atoms with E-state index in [1.165, 1.54) is 18.4 Å². The summed E-state index contributed by atoms with van der Waals surface area (Å²) in [6.07, 6.45) is 6.82. The Bertz CT molecular complexity index is 903. The van der Waals surface area contributed by atoms with Gasteiger partial charge in [-0.05, 0) is 50.2 Å². The Hall–Kier alpha value is -1.79. The molecule has 0 aromatic heterocycles. The van der Waals surface area contributed by atoms with Crippen LogP contribution in [0.15, 0.2) is 12.1 Å². The van der Waals surface area contributed by atoms with Crippen LogP contribution in [0.3, 0.4) is 0 Å². The Balaban J connectivity index is 1.68. The summed E-state index contributed by atoms with van der Waals surface area (Å²) in [5, 5.41) is 0. The molecular weight excluding hydrogens is 368 g/mol. The van der Waals surface area contributed by atoms with Crippen molar-refractivity contribution in [1.82, 2.24) is 4.90 Å². The number of fused-ring (bicyclic) bond motifs is 1. The van der Waals surface area contributed by atoms with E-state index in [1.54, 1.807) is 21.1 Å². The Morgan fingerprint density at radius 2 is 2.00 bits per heavy atom. The van der Waals surface area contributed by atoms with Crippen LogP contribution in [-0.2, 0) is 14.9 Å². The minimum Gasteiger partial charge on any atom is -0.493 e. The summed E-state index contributed by atoms with van der Waals surface area (Å²) in [7, 11) is 3.33. The van der Waals surface area contributed by atoms with Gasteiger partial charge >= 0.3 is 0 Å². The van der Waals surface area contributed by atoms with Crippen molar-refractivity contribution in [3.8, 4) is 11.5 Å². The number of carbonyl (C=O) groups is 1. The lowest BCUT2D eigenvalue weighted by atomic mass is 9.50. The number of carbonyl (C=O) groups excluding carboxylic acids is 1. The SMILES string of the molecule is COc1ccc2c(c1OC)N(C(C)=O)[C@@H]1CC[C@@]34CCCN5CC[C@@]21[C@]53OCC4. The molecule has 4 atom stereocenters. The summed E-state index contributed by atoms with van der Waals surface area (Å²) >= 11 is 0. The van der Waals surface area contributed by atoms with Crippen molar-refractivity contribution in [3.63, 3.8) is 0 Å². The molecule has 3 saturated heterocycles. The largest absolute Gasteiger partial charge is 0.493 e. The molecule has 0 unspecified atom stereocenters. The van der Waals surface area contributed by atoms with Gasteiger partial charge in [-0.1, -0.05) is 6.07 Å². The summed E-state index contributed by atoms with van der Waals surface area (Å²) < 4.78 is 18.3. The molecule has 4 aliphatic heterocycles. The first-order valence-corrected chi connectivity index (χ1v) is 11.0. The predicted molar refractivity (Wildman–Crippen MR) is 109 cm³/mol. The zero-order valence-electron chi connectivity index (χ0n) is 17.6. The van der Waals surface area contributed by atoms with Crippen LogP contribution in [0.4, 0.5) is 5.69 Å². The van der Waals surface area contributed by atoms with Gasteiger partial charge in [0.1, 0.15) is 5.72 Å². The van der Waals surface area contributed by atoms with E-state index in [0.29, 0.717) is 11.5 Å². The summed E-state index contributed by atoms with van der Waals surface area (Å²) in [6, 6.07) is 4.32. The topological polar surface area (TPSA) is 51.2 Å². The maximum Gasteiger partial charge on any atom is 0.224 e.